The van der Waals surface area contributed by atoms with Gasteiger partial charge in [-0.25, -0.2) is 8.78 Å². The number of hydrogen-bond acceptors (Lipinski definition) is 2. The zero-order valence-corrected chi connectivity index (χ0v) is 11.1. The van der Waals surface area contributed by atoms with Gasteiger partial charge >= 0.3 is 6.18 Å². The molecule has 1 aromatic carbocycles. The smallest absolute Gasteiger partial charge is 0.445 e. The van der Waals surface area contributed by atoms with E-state index in [1.807, 2.05) is 0 Å². The maximum atomic E-state index is 13.6. The van der Waals surface area contributed by atoms with Gasteiger partial charge in [-0.15, -0.1) is 0 Å². The molecule has 0 saturated carbocycles. The minimum atomic E-state index is -5.52. The third-order valence-corrected chi connectivity index (χ3v) is 2.32. The predicted molar refractivity (Wildman–Crippen MR) is 63.3 cm³/mol. The average Bonchev–Trinajstić information content (AvgIpc) is 2.36. The molecule has 0 radical (unpaired) electrons. The number of ether oxygens (including phenoxy) is 2. The standard InChI is InChI=1S/C13H12F6O2/c1-3-20-7(2)21-8-4-5-9(10(14)6-8)11(15)12(16)13(17,18)19/h4-7H,3H2,1-2H3/b12-11+. The molecule has 0 spiro atoms. The molecule has 0 aliphatic rings. The van der Waals surface area contributed by atoms with Crippen LogP contribution in [-0.2, 0) is 4.74 Å². The molecule has 8 heteroatoms. The second kappa shape index (κ2) is 6.84. The van der Waals surface area contributed by atoms with Crippen molar-refractivity contribution in [2.75, 3.05) is 6.61 Å². The first kappa shape index (κ1) is 17.4. The van der Waals surface area contributed by atoms with Gasteiger partial charge in [0.15, 0.2) is 12.1 Å². The summed E-state index contributed by atoms with van der Waals surface area (Å²) < 4.78 is 85.7. The Kier molecular flexibility index (Phi) is 5.65. The Labute approximate surface area is 117 Å². The summed E-state index contributed by atoms with van der Waals surface area (Å²) >= 11 is 0. The molecule has 0 bridgehead atoms. The molecule has 1 atom stereocenters. The van der Waals surface area contributed by atoms with Gasteiger partial charge in [-0.05, 0) is 26.0 Å². The summed E-state index contributed by atoms with van der Waals surface area (Å²) in [4.78, 5) is 0. The third-order valence-electron chi connectivity index (χ3n) is 2.32. The van der Waals surface area contributed by atoms with E-state index in [-0.39, 0.29) is 5.75 Å². The number of alkyl halides is 3. The summed E-state index contributed by atoms with van der Waals surface area (Å²) in [7, 11) is 0. The van der Waals surface area contributed by atoms with Gasteiger partial charge in [-0.2, -0.15) is 17.6 Å². The minimum Gasteiger partial charge on any atom is -0.465 e. The molecule has 0 heterocycles. The molecule has 0 aromatic heterocycles. The lowest BCUT2D eigenvalue weighted by molar-refractivity contribution is -0.108. The van der Waals surface area contributed by atoms with E-state index in [4.69, 9.17) is 9.47 Å². The highest BCUT2D eigenvalue weighted by atomic mass is 19.4. The monoisotopic (exact) mass is 314 g/mol. The zero-order valence-electron chi connectivity index (χ0n) is 11.1. The number of allylic oxidation sites excluding steroid dienone is 1. The molecule has 1 unspecified atom stereocenters. The van der Waals surface area contributed by atoms with E-state index < -0.39 is 35.5 Å². The first-order valence-corrected chi connectivity index (χ1v) is 5.87. The molecule has 118 valence electrons. The van der Waals surface area contributed by atoms with Crippen LogP contribution in [0.15, 0.2) is 24.0 Å². The van der Waals surface area contributed by atoms with Crippen molar-refractivity contribution in [2.24, 2.45) is 0 Å². The fourth-order valence-corrected chi connectivity index (χ4v) is 1.45. The molecule has 0 fully saturated rings. The Morgan fingerprint density at radius 2 is 1.86 bits per heavy atom. The van der Waals surface area contributed by atoms with Crippen LogP contribution in [0, 0.1) is 5.82 Å². The Balaban J connectivity index is 3.04. The van der Waals surface area contributed by atoms with E-state index in [0.29, 0.717) is 18.7 Å². The van der Waals surface area contributed by atoms with Gasteiger partial charge in [0, 0.05) is 18.2 Å². The molecule has 1 aromatic rings. The molecule has 0 N–H and O–H groups in total. The van der Waals surface area contributed by atoms with Crippen molar-refractivity contribution in [2.45, 2.75) is 26.3 Å². The van der Waals surface area contributed by atoms with Gasteiger partial charge in [0.2, 0.25) is 5.83 Å². The molecule has 2 nitrogen and oxygen atoms in total. The van der Waals surface area contributed by atoms with E-state index in [1.165, 1.54) is 6.92 Å². The van der Waals surface area contributed by atoms with Gasteiger partial charge in [-0.1, -0.05) is 0 Å². The quantitative estimate of drug-likeness (QED) is 0.576. The molecular weight excluding hydrogens is 302 g/mol. The highest BCUT2D eigenvalue weighted by Gasteiger charge is 2.39. The molecule has 0 aliphatic heterocycles. The van der Waals surface area contributed by atoms with Crippen LogP contribution in [0.3, 0.4) is 0 Å². The largest absolute Gasteiger partial charge is 0.465 e. The van der Waals surface area contributed by atoms with Gasteiger partial charge in [0.1, 0.15) is 11.6 Å². The van der Waals surface area contributed by atoms with Crippen LogP contribution >= 0.6 is 0 Å². The Morgan fingerprint density at radius 1 is 1.24 bits per heavy atom. The van der Waals surface area contributed by atoms with Gasteiger partial charge in [0.25, 0.3) is 0 Å². The molecular formula is C13H12F6O2. The maximum absolute atomic E-state index is 13.6. The van der Waals surface area contributed by atoms with Gasteiger partial charge in [0.05, 0.1) is 0 Å². The summed E-state index contributed by atoms with van der Waals surface area (Å²) in [6.07, 6.45) is -6.25. The summed E-state index contributed by atoms with van der Waals surface area (Å²) in [5, 5.41) is 0. The van der Waals surface area contributed by atoms with Gasteiger partial charge < -0.3 is 9.47 Å². The molecule has 0 amide bonds. The van der Waals surface area contributed by atoms with Crippen molar-refractivity contribution in [3.63, 3.8) is 0 Å². The number of halogens is 6. The van der Waals surface area contributed by atoms with E-state index >= 15 is 0 Å². The molecule has 1 rings (SSSR count). The Hall–Kier alpha value is -1.70. The lowest BCUT2D eigenvalue weighted by Crippen LogP contribution is -2.16. The predicted octanol–water partition coefficient (Wildman–Crippen LogP) is 4.76. The van der Waals surface area contributed by atoms with Crippen molar-refractivity contribution in [1.29, 1.82) is 0 Å². The normalized spacial score (nSPS) is 14.7. The first-order chi connectivity index (χ1) is 9.66. The van der Waals surface area contributed by atoms with Crippen molar-refractivity contribution in [3.8, 4) is 5.75 Å². The van der Waals surface area contributed by atoms with Crippen molar-refractivity contribution < 1.29 is 35.8 Å². The Bertz CT molecular complexity index is 524. The lowest BCUT2D eigenvalue weighted by Gasteiger charge is -2.14. The maximum Gasteiger partial charge on any atom is 0.445 e. The highest BCUT2D eigenvalue weighted by molar-refractivity contribution is 5.63. The second-order valence-corrected chi connectivity index (χ2v) is 3.91. The highest BCUT2D eigenvalue weighted by Crippen LogP contribution is 2.35. The van der Waals surface area contributed by atoms with Crippen molar-refractivity contribution >= 4 is 5.83 Å². The van der Waals surface area contributed by atoms with Crippen LogP contribution in [0.4, 0.5) is 26.3 Å². The number of hydrogen-bond donors (Lipinski definition) is 0. The lowest BCUT2D eigenvalue weighted by atomic mass is 10.1. The summed E-state index contributed by atoms with van der Waals surface area (Å²) in [5.41, 5.74) is -1.14. The summed E-state index contributed by atoms with van der Waals surface area (Å²) in [6, 6.07) is 2.31. The van der Waals surface area contributed by atoms with Crippen molar-refractivity contribution in [1.82, 2.24) is 0 Å². The average molecular weight is 314 g/mol. The Morgan fingerprint density at radius 3 is 2.33 bits per heavy atom. The third kappa shape index (κ3) is 4.66. The van der Waals surface area contributed by atoms with Crippen molar-refractivity contribution in [3.05, 3.63) is 35.4 Å². The fourth-order valence-electron chi connectivity index (χ4n) is 1.45. The van der Waals surface area contributed by atoms with E-state index in [1.54, 1.807) is 6.92 Å². The van der Waals surface area contributed by atoms with E-state index in [2.05, 4.69) is 0 Å². The summed E-state index contributed by atoms with van der Waals surface area (Å²) in [5.74, 6) is -6.77. The van der Waals surface area contributed by atoms with E-state index in [0.717, 1.165) is 6.07 Å². The van der Waals surface area contributed by atoms with Crippen LogP contribution in [-0.4, -0.2) is 19.1 Å². The van der Waals surface area contributed by atoms with Gasteiger partial charge in [-0.3, -0.25) is 0 Å². The van der Waals surface area contributed by atoms with E-state index in [9.17, 15) is 26.3 Å². The second-order valence-electron chi connectivity index (χ2n) is 3.91. The number of rotatable bonds is 5. The molecule has 21 heavy (non-hydrogen) atoms. The van der Waals surface area contributed by atoms with Crippen LogP contribution in [0.1, 0.15) is 19.4 Å². The molecule has 0 saturated heterocycles. The zero-order chi connectivity index (χ0) is 16.2. The topological polar surface area (TPSA) is 18.5 Å². The first-order valence-electron chi connectivity index (χ1n) is 5.87. The number of benzene rings is 1. The van der Waals surface area contributed by atoms with Crippen LogP contribution in [0.2, 0.25) is 0 Å². The van der Waals surface area contributed by atoms with Crippen LogP contribution < -0.4 is 4.74 Å². The van der Waals surface area contributed by atoms with Crippen LogP contribution in [0.25, 0.3) is 5.83 Å². The fraction of sp³-hybridized carbons (Fsp3) is 0.385. The SMILES string of the molecule is CCOC(C)Oc1ccc(/C(F)=C(\F)C(F)(F)F)c(F)c1. The van der Waals surface area contributed by atoms with Crippen LogP contribution in [0.5, 0.6) is 5.75 Å². The summed E-state index contributed by atoms with van der Waals surface area (Å²) in [6.45, 7) is 3.54. The molecule has 0 aliphatic carbocycles. The minimum absolute atomic E-state index is 0.0857.